The first-order chi connectivity index (χ1) is 12.4. The van der Waals surface area contributed by atoms with Gasteiger partial charge < -0.3 is 9.64 Å². The molecule has 1 fully saturated rings. The Kier molecular flexibility index (Phi) is 5.72. The van der Waals surface area contributed by atoms with E-state index in [0.717, 1.165) is 21.5 Å². The lowest BCUT2D eigenvalue weighted by Gasteiger charge is -2.25. The predicted octanol–water partition coefficient (Wildman–Crippen LogP) is 2.91. The maximum absolute atomic E-state index is 12.8. The molecule has 0 spiro atoms. The fourth-order valence-electron chi connectivity index (χ4n) is 2.86. The molecule has 0 bridgehead atoms. The third-order valence-electron chi connectivity index (χ3n) is 4.49. The van der Waals surface area contributed by atoms with Crippen LogP contribution in [0.15, 0.2) is 33.8 Å². The van der Waals surface area contributed by atoms with E-state index in [0.29, 0.717) is 17.8 Å². The van der Waals surface area contributed by atoms with Crippen molar-refractivity contribution >= 4 is 33.6 Å². The number of benzene rings is 1. The van der Waals surface area contributed by atoms with Gasteiger partial charge in [0.25, 0.3) is 5.56 Å². The number of ether oxygens (including phenoxy) is 1. The van der Waals surface area contributed by atoms with E-state index in [1.54, 1.807) is 32.7 Å². The molecule has 26 heavy (non-hydrogen) atoms. The Balaban J connectivity index is 1.82. The first-order valence-corrected chi connectivity index (χ1v) is 10.0. The van der Waals surface area contributed by atoms with Crippen molar-refractivity contribution in [2.24, 2.45) is 0 Å². The first-order valence-electron chi connectivity index (χ1n) is 8.19. The first kappa shape index (κ1) is 19.0. The zero-order chi connectivity index (χ0) is 18.8. The Morgan fingerprint density at radius 3 is 2.88 bits per heavy atom. The van der Waals surface area contributed by atoms with Crippen LogP contribution in [-0.4, -0.2) is 39.8 Å². The molecular weight excluding hydrogens is 418 g/mol. The Morgan fingerprint density at radius 1 is 1.42 bits per heavy atom. The lowest BCUT2D eigenvalue weighted by Crippen LogP contribution is -2.36. The third kappa shape index (κ3) is 3.66. The molecule has 0 saturated carbocycles. The summed E-state index contributed by atoms with van der Waals surface area (Å²) in [5.74, 6) is 1.53. The molecule has 0 aliphatic carbocycles. The highest BCUT2D eigenvalue weighted by Crippen LogP contribution is 2.40. The van der Waals surface area contributed by atoms with Gasteiger partial charge in [-0.15, -0.1) is 11.8 Å². The monoisotopic (exact) mass is 437 g/mol. The number of hydrogen-bond acceptors (Lipinski definition) is 5. The van der Waals surface area contributed by atoms with Gasteiger partial charge in [0.05, 0.1) is 17.9 Å². The molecule has 1 atom stereocenters. The number of methoxy groups -OCH3 is 1. The second-order valence-electron chi connectivity index (χ2n) is 6.09. The number of aromatic nitrogens is 2. The highest BCUT2D eigenvalue weighted by Gasteiger charge is 2.31. The Morgan fingerprint density at radius 2 is 2.19 bits per heavy atom. The SMILES string of the molecule is COc1ccc(C2SCCN2C(=O)Cn2cnc(C)c(C)c2=O)cc1Br. The number of hydrogen-bond donors (Lipinski definition) is 0. The molecule has 3 rings (SSSR count). The lowest BCUT2D eigenvalue weighted by atomic mass is 10.2. The molecule has 1 aromatic heterocycles. The lowest BCUT2D eigenvalue weighted by molar-refractivity contribution is -0.132. The normalized spacial score (nSPS) is 16.8. The molecule has 1 aromatic carbocycles. The van der Waals surface area contributed by atoms with E-state index >= 15 is 0 Å². The summed E-state index contributed by atoms with van der Waals surface area (Å²) in [5, 5.41) is -0.0695. The molecule has 8 heteroatoms. The summed E-state index contributed by atoms with van der Waals surface area (Å²) in [6.45, 7) is 4.18. The fourth-order valence-corrected chi connectivity index (χ4v) is 4.69. The molecule has 1 unspecified atom stereocenters. The number of nitrogens with zero attached hydrogens (tertiary/aromatic N) is 3. The van der Waals surface area contributed by atoms with Crippen LogP contribution < -0.4 is 10.3 Å². The molecular formula is C18H20BrN3O3S. The predicted molar refractivity (Wildman–Crippen MR) is 106 cm³/mol. The molecule has 1 aliphatic rings. The largest absolute Gasteiger partial charge is 0.496 e. The summed E-state index contributed by atoms with van der Waals surface area (Å²) in [4.78, 5) is 31.2. The van der Waals surface area contributed by atoms with Crippen molar-refractivity contribution in [2.45, 2.75) is 25.8 Å². The van der Waals surface area contributed by atoms with E-state index in [-0.39, 0.29) is 23.4 Å². The maximum Gasteiger partial charge on any atom is 0.256 e. The van der Waals surface area contributed by atoms with Gasteiger partial charge >= 0.3 is 0 Å². The highest BCUT2D eigenvalue weighted by molar-refractivity contribution is 9.10. The van der Waals surface area contributed by atoms with Gasteiger partial charge in [0, 0.05) is 23.6 Å². The Bertz CT molecular complexity index is 900. The van der Waals surface area contributed by atoms with Crippen molar-refractivity contribution in [3.63, 3.8) is 0 Å². The third-order valence-corrected chi connectivity index (χ3v) is 6.37. The molecule has 138 valence electrons. The van der Waals surface area contributed by atoms with Crippen molar-refractivity contribution in [1.29, 1.82) is 0 Å². The average molecular weight is 438 g/mol. The van der Waals surface area contributed by atoms with Gasteiger partial charge in [-0.25, -0.2) is 4.98 Å². The molecule has 6 nitrogen and oxygen atoms in total. The second-order valence-corrected chi connectivity index (χ2v) is 8.13. The second kappa shape index (κ2) is 7.84. The number of aryl methyl sites for hydroxylation is 1. The topological polar surface area (TPSA) is 64.4 Å². The van der Waals surface area contributed by atoms with Crippen LogP contribution in [-0.2, 0) is 11.3 Å². The molecule has 0 N–H and O–H groups in total. The zero-order valence-corrected chi connectivity index (χ0v) is 17.3. The minimum Gasteiger partial charge on any atom is -0.496 e. The van der Waals surface area contributed by atoms with Gasteiger partial charge in [0.1, 0.15) is 17.7 Å². The summed E-state index contributed by atoms with van der Waals surface area (Å²) in [6, 6.07) is 5.83. The van der Waals surface area contributed by atoms with Gasteiger partial charge in [-0.2, -0.15) is 0 Å². The van der Waals surface area contributed by atoms with Crippen molar-refractivity contribution in [3.8, 4) is 5.75 Å². The Hall–Kier alpha value is -1.80. The van der Waals surface area contributed by atoms with Crippen LogP contribution in [0, 0.1) is 13.8 Å². The Labute approximate surface area is 164 Å². The molecule has 2 aromatic rings. The van der Waals surface area contributed by atoms with Gasteiger partial charge in [-0.05, 0) is 47.5 Å². The summed E-state index contributed by atoms with van der Waals surface area (Å²) < 4.78 is 7.51. The fraction of sp³-hybridized carbons (Fsp3) is 0.389. The maximum atomic E-state index is 12.8. The van der Waals surface area contributed by atoms with E-state index < -0.39 is 0 Å². The number of thioether (sulfide) groups is 1. The van der Waals surface area contributed by atoms with Gasteiger partial charge in [0.15, 0.2) is 0 Å². The van der Waals surface area contributed by atoms with Crippen LogP contribution in [0.4, 0.5) is 0 Å². The molecule has 1 aliphatic heterocycles. The summed E-state index contributed by atoms with van der Waals surface area (Å²) in [6.07, 6.45) is 1.45. The zero-order valence-electron chi connectivity index (χ0n) is 14.9. The van der Waals surface area contributed by atoms with E-state index in [1.807, 2.05) is 23.1 Å². The summed E-state index contributed by atoms with van der Waals surface area (Å²) >= 11 is 5.21. The van der Waals surface area contributed by atoms with Gasteiger partial charge in [-0.3, -0.25) is 14.2 Å². The number of carbonyl (C=O) groups excluding carboxylic acids is 1. The summed E-state index contributed by atoms with van der Waals surface area (Å²) in [5.41, 5.74) is 2.13. The van der Waals surface area contributed by atoms with Crippen LogP contribution in [0.1, 0.15) is 22.2 Å². The van der Waals surface area contributed by atoms with Gasteiger partial charge in [-0.1, -0.05) is 6.07 Å². The van der Waals surface area contributed by atoms with Crippen molar-refractivity contribution in [3.05, 3.63) is 56.2 Å². The van der Waals surface area contributed by atoms with E-state index in [4.69, 9.17) is 4.74 Å². The minimum atomic E-state index is -0.165. The molecule has 1 amide bonds. The number of carbonyl (C=O) groups is 1. The molecule has 1 saturated heterocycles. The van der Waals surface area contributed by atoms with Crippen LogP contribution in [0.5, 0.6) is 5.75 Å². The van der Waals surface area contributed by atoms with Crippen molar-refractivity contribution in [2.75, 3.05) is 19.4 Å². The smallest absolute Gasteiger partial charge is 0.256 e. The summed E-state index contributed by atoms with van der Waals surface area (Å²) in [7, 11) is 1.62. The van der Waals surface area contributed by atoms with Crippen LogP contribution in [0.2, 0.25) is 0 Å². The van der Waals surface area contributed by atoms with Crippen LogP contribution >= 0.6 is 27.7 Å². The highest BCUT2D eigenvalue weighted by atomic mass is 79.9. The van der Waals surface area contributed by atoms with E-state index in [2.05, 4.69) is 20.9 Å². The number of halogens is 1. The van der Waals surface area contributed by atoms with Crippen molar-refractivity contribution < 1.29 is 9.53 Å². The van der Waals surface area contributed by atoms with Gasteiger partial charge in [0.2, 0.25) is 5.91 Å². The average Bonchev–Trinajstić information content (AvgIpc) is 3.12. The van der Waals surface area contributed by atoms with E-state index in [1.165, 1.54) is 10.9 Å². The molecule has 0 radical (unpaired) electrons. The van der Waals surface area contributed by atoms with Crippen LogP contribution in [0.3, 0.4) is 0 Å². The number of amides is 1. The van der Waals surface area contributed by atoms with Crippen LogP contribution in [0.25, 0.3) is 0 Å². The van der Waals surface area contributed by atoms with E-state index in [9.17, 15) is 9.59 Å². The molecule has 2 heterocycles. The minimum absolute atomic E-state index is 0.00133. The van der Waals surface area contributed by atoms with Crippen molar-refractivity contribution in [1.82, 2.24) is 14.5 Å². The number of rotatable bonds is 4. The quantitative estimate of drug-likeness (QED) is 0.735. The standard InChI is InChI=1S/C18H20BrN3O3S/c1-11-12(2)20-10-21(17(11)24)9-16(23)22-6-7-26-18(22)13-4-5-15(25-3)14(19)8-13/h4-5,8,10,18H,6-7,9H2,1-3H3.